The third kappa shape index (κ3) is 14.8. The Labute approximate surface area is 394 Å². The fraction of sp³-hybridized carbons (Fsp3) is 0.244. The molecule has 0 bridgehead atoms. The molecule has 6 aromatic rings. The average molecular weight is 991 g/mol. The number of aromatic carboxylic acids is 1. The van der Waals surface area contributed by atoms with E-state index in [0.717, 1.165) is 18.2 Å². The Bertz CT molecular complexity index is 3090. The minimum Gasteiger partial charge on any atom is -0.495 e. The van der Waals surface area contributed by atoms with Crippen LogP contribution < -0.4 is 19.5 Å². The summed E-state index contributed by atoms with van der Waals surface area (Å²) in [6.07, 6.45) is 0.0629. The Hall–Kier alpha value is -7.38. The number of nitrogens with zero attached hydrogens (tertiary/aromatic N) is 7. The van der Waals surface area contributed by atoms with E-state index in [0.29, 0.717) is 28.8 Å². The highest BCUT2D eigenvalue weighted by Gasteiger charge is 2.20. The summed E-state index contributed by atoms with van der Waals surface area (Å²) in [5.74, 6) is -3.21. The van der Waals surface area contributed by atoms with Gasteiger partial charge in [-0.05, 0) is 78.6 Å². The average Bonchev–Trinajstić information content (AvgIpc) is 3.31. The van der Waals surface area contributed by atoms with E-state index in [-0.39, 0.29) is 103 Å². The first kappa shape index (κ1) is 51.0. The number of rotatable bonds is 23. The van der Waals surface area contributed by atoms with Crippen LogP contribution in [-0.4, -0.2) is 83.2 Å². The van der Waals surface area contributed by atoms with E-state index in [4.69, 9.17) is 14.2 Å². The number of nitrogens with one attached hydrogen (secondary N) is 1. The number of azo groups is 2. The van der Waals surface area contributed by atoms with Crippen LogP contribution in [0.4, 0.5) is 37.5 Å². The van der Waals surface area contributed by atoms with E-state index in [2.05, 4.69) is 40.7 Å². The number of halogens is 2. The molecule has 0 aliphatic rings. The smallest absolute Gasteiger partial charge is 0.335 e. The van der Waals surface area contributed by atoms with Crippen LogP contribution in [0, 0.1) is 11.6 Å². The third-order valence-corrected chi connectivity index (χ3v) is 11.4. The standard InChI is InChI=1S/C45H44F2N8O12S2/c1-3-15-66-39-23-36(54-52-32-11-7-28(26-56)8-12-32)34(46)18-30(39)20-42-49-43(51-45(50-42)48-25-27-5-9-29(10-6-27)44(57)58)21-31-19-35(47)37(24-40(31)67-16-4-17-68(59,60)61)55-53-33-13-14-38(65-2)41(22-33)69(62,63)64/h5-14,18-19,22-24,56H,3-4,15-17,20-21,25-26H2,1-2H3,(H,57,58)(H,59,60,61)(H,62,63,64)(H,48,49,50,51). The van der Waals surface area contributed by atoms with Gasteiger partial charge in [0.15, 0.2) is 11.6 Å². The van der Waals surface area contributed by atoms with Crippen LogP contribution in [0.25, 0.3) is 0 Å². The Morgan fingerprint density at radius 3 is 1.77 bits per heavy atom. The molecule has 6 rings (SSSR count). The topological polar surface area (TPSA) is 294 Å². The Morgan fingerprint density at radius 1 is 0.696 bits per heavy atom. The molecule has 0 atom stereocenters. The third-order valence-electron chi connectivity index (χ3n) is 9.69. The molecule has 0 spiro atoms. The summed E-state index contributed by atoms with van der Waals surface area (Å²) in [7, 11) is -7.92. The summed E-state index contributed by atoms with van der Waals surface area (Å²) < 4.78 is 114. The van der Waals surface area contributed by atoms with Crippen LogP contribution in [0.2, 0.25) is 0 Å². The second-order valence-electron chi connectivity index (χ2n) is 14.9. The van der Waals surface area contributed by atoms with Crippen molar-refractivity contribution in [3.63, 3.8) is 0 Å². The molecule has 0 fully saturated rings. The molecule has 5 N–H and O–H groups in total. The highest BCUT2D eigenvalue weighted by atomic mass is 32.2. The van der Waals surface area contributed by atoms with Gasteiger partial charge in [-0.25, -0.2) is 18.6 Å². The van der Waals surface area contributed by atoms with Crippen LogP contribution in [0.5, 0.6) is 17.2 Å². The van der Waals surface area contributed by atoms with Crippen molar-refractivity contribution in [1.29, 1.82) is 0 Å². The van der Waals surface area contributed by atoms with Gasteiger partial charge in [0.1, 0.15) is 45.2 Å². The fourth-order valence-corrected chi connectivity index (χ4v) is 7.47. The monoisotopic (exact) mass is 990 g/mol. The molecule has 69 heavy (non-hydrogen) atoms. The molecule has 0 aliphatic carbocycles. The van der Waals surface area contributed by atoms with E-state index in [1.165, 1.54) is 43.5 Å². The number of carboxylic acids is 1. The molecule has 24 heteroatoms. The first-order valence-electron chi connectivity index (χ1n) is 20.8. The van der Waals surface area contributed by atoms with Crippen molar-refractivity contribution in [3.05, 3.63) is 142 Å². The number of carbonyl (C=O) groups is 1. The second-order valence-corrected chi connectivity index (χ2v) is 17.9. The number of methoxy groups -OCH3 is 1. The number of carboxylic acid groups (broad SMARTS) is 1. The number of hydrogen-bond acceptors (Lipinski definition) is 17. The molecular formula is C45H44F2N8O12S2. The van der Waals surface area contributed by atoms with Crippen LogP contribution in [0.3, 0.4) is 0 Å². The molecule has 20 nitrogen and oxygen atoms in total. The van der Waals surface area contributed by atoms with Gasteiger partial charge in [-0.3, -0.25) is 9.11 Å². The van der Waals surface area contributed by atoms with E-state index in [9.17, 15) is 40.9 Å². The molecule has 0 saturated carbocycles. The van der Waals surface area contributed by atoms with Gasteiger partial charge in [-0.15, -0.1) is 10.2 Å². The zero-order valence-electron chi connectivity index (χ0n) is 36.8. The lowest BCUT2D eigenvalue weighted by Crippen LogP contribution is -2.12. The maximum Gasteiger partial charge on any atom is 0.335 e. The molecule has 1 aromatic heterocycles. The van der Waals surface area contributed by atoms with Crippen LogP contribution in [0.15, 0.2) is 116 Å². The summed E-state index contributed by atoms with van der Waals surface area (Å²) in [6, 6.07) is 20.9. The predicted molar refractivity (Wildman–Crippen MR) is 245 cm³/mol. The summed E-state index contributed by atoms with van der Waals surface area (Å²) >= 11 is 0. The number of hydrogen-bond donors (Lipinski definition) is 5. The number of aromatic nitrogens is 3. The fourth-order valence-electron chi connectivity index (χ4n) is 6.31. The Balaban J connectivity index is 1.37. The quantitative estimate of drug-likeness (QED) is 0.0228. The zero-order chi connectivity index (χ0) is 49.7. The second kappa shape index (κ2) is 23.1. The molecule has 0 radical (unpaired) electrons. The largest absolute Gasteiger partial charge is 0.495 e. The lowest BCUT2D eigenvalue weighted by molar-refractivity contribution is 0.0696. The van der Waals surface area contributed by atoms with E-state index >= 15 is 8.78 Å². The van der Waals surface area contributed by atoms with Gasteiger partial charge in [-0.1, -0.05) is 31.2 Å². The molecule has 0 amide bonds. The molecule has 0 aliphatic heterocycles. The minimum absolute atomic E-state index is 0.0247. The summed E-state index contributed by atoms with van der Waals surface area (Å²) in [4.78, 5) is 24.6. The minimum atomic E-state index is -4.75. The van der Waals surface area contributed by atoms with Crippen LogP contribution in [0.1, 0.15) is 64.0 Å². The van der Waals surface area contributed by atoms with Gasteiger partial charge in [-0.2, -0.15) is 37.0 Å². The van der Waals surface area contributed by atoms with Gasteiger partial charge in [0.2, 0.25) is 5.95 Å². The summed E-state index contributed by atoms with van der Waals surface area (Å²) in [5, 5.41) is 37.8. The van der Waals surface area contributed by atoms with Crippen molar-refractivity contribution in [3.8, 4) is 17.2 Å². The highest BCUT2D eigenvalue weighted by molar-refractivity contribution is 7.86. The van der Waals surface area contributed by atoms with Crippen molar-refractivity contribution in [2.24, 2.45) is 20.5 Å². The lowest BCUT2D eigenvalue weighted by Gasteiger charge is -2.15. The molecular weight excluding hydrogens is 947 g/mol. The lowest BCUT2D eigenvalue weighted by atomic mass is 10.1. The normalized spacial score (nSPS) is 11.9. The summed E-state index contributed by atoms with van der Waals surface area (Å²) in [6.45, 7) is 1.82. The van der Waals surface area contributed by atoms with Crippen LogP contribution in [-0.2, 0) is 46.2 Å². The maximum atomic E-state index is 15.9. The Morgan fingerprint density at radius 2 is 1.25 bits per heavy atom. The van der Waals surface area contributed by atoms with Gasteiger partial charge < -0.3 is 29.7 Å². The van der Waals surface area contributed by atoms with E-state index < -0.39 is 54.2 Å². The molecule has 362 valence electrons. The highest BCUT2D eigenvalue weighted by Crippen LogP contribution is 2.35. The number of aliphatic hydroxyl groups is 1. The first-order valence-corrected chi connectivity index (χ1v) is 23.8. The zero-order valence-corrected chi connectivity index (χ0v) is 38.4. The van der Waals surface area contributed by atoms with Crippen LogP contribution >= 0.6 is 0 Å². The number of ether oxygens (including phenoxy) is 3. The van der Waals surface area contributed by atoms with E-state index in [1.807, 2.05) is 6.92 Å². The summed E-state index contributed by atoms with van der Waals surface area (Å²) in [5.41, 5.74) is 1.63. The van der Waals surface area contributed by atoms with Crippen molar-refractivity contribution >= 4 is 54.9 Å². The number of benzene rings is 5. The first-order chi connectivity index (χ1) is 32.9. The van der Waals surface area contributed by atoms with Crippen molar-refractivity contribution < 1.29 is 63.9 Å². The molecule has 5 aromatic carbocycles. The van der Waals surface area contributed by atoms with Gasteiger partial charge in [0, 0.05) is 42.6 Å². The molecule has 0 saturated heterocycles. The number of anilines is 1. The van der Waals surface area contributed by atoms with Crippen molar-refractivity contribution in [1.82, 2.24) is 15.0 Å². The SMILES string of the molecule is CCCOc1cc(N=Nc2ccc(CO)cc2)c(F)cc1Cc1nc(Cc2cc(F)c(N=Nc3ccc(OC)c(S(=O)(=O)O)c3)cc2OCCCS(=O)(=O)O)nc(NCc2ccc(C(=O)O)cc2)n1. The Kier molecular flexibility index (Phi) is 17.1. The van der Waals surface area contributed by atoms with Crippen molar-refractivity contribution in [2.45, 2.75) is 50.7 Å². The van der Waals surface area contributed by atoms with E-state index in [1.54, 1.807) is 36.4 Å². The molecule has 0 unspecified atom stereocenters. The van der Waals surface area contributed by atoms with Crippen molar-refractivity contribution in [2.75, 3.05) is 31.4 Å². The maximum absolute atomic E-state index is 15.9. The van der Waals surface area contributed by atoms with Gasteiger partial charge >= 0.3 is 5.97 Å². The predicted octanol–water partition coefficient (Wildman–Crippen LogP) is 8.67. The van der Waals surface area contributed by atoms with Gasteiger partial charge in [0.05, 0.1) is 49.6 Å². The molecule has 1 heterocycles. The number of aliphatic hydroxyl groups excluding tert-OH is 1. The van der Waals surface area contributed by atoms with Gasteiger partial charge in [0.25, 0.3) is 20.2 Å².